The molecule has 0 saturated carbocycles. The Bertz CT molecular complexity index is 840. The van der Waals surface area contributed by atoms with Gasteiger partial charge in [-0.3, -0.25) is 10.00 Å². The van der Waals surface area contributed by atoms with E-state index in [1.54, 1.807) is 6.20 Å². The molecule has 0 bridgehead atoms. The molecule has 0 amide bonds. The minimum atomic E-state index is 0.252. The number of imidazole rings is 1. The smallest absolute Gasteiger partial charge is 0.213 e. The molecule has 1 N–H and O–H groups in total. The van der Waals surface area contributed by atoms with Gasteiger partial charge in [0, 0.05) is 50.2 Å². The molecule has 3 aromatic heterocycles. The normalized spacial score (nSPS) is 17.4. The maximum absolute atomic E-state index is 5.94. The first-order valence-electron chi connectivity index (χ1n) is 8.47. The van der Waals surface area contributed by atoms with Gasteiger partial charge < -0.3 is 9.30 Å². The van der Waals surface area contributed by atoms with E-state index < -0.39 is 0 Å². The molecule has 3 aromatic rings. The Kier molecular flexibility index (Phi) is 4.23. The molecule has 4 rings (SSSR count). The first kappa shape index (κ1) is 15.8. The molecule has 4 heterocycles. The van der Waals surface area contributed by atoms with Gasteiger partial charge in [0.05, 0.1) is 23.8 Å². The summed E-state index contributed by atoms with van der Waals surface area (Å²) in [5.41, 5.74) is 4.54. The van der Waals surface area contributed by atoms with Crippen LogP contribution in [0.25, 0.3) is 0 Å². The molecule has 1 aliphatic heterocycles. The van der Waals surface area contributed by atoms with E-state index in [1.807, 2.05) is 31.5 Å². The largest absolute Gasteiger partial charge is 0.476 e. The summed E-state index contributed by atoms with van der Waals surface area (Å²) in [6.45, 7) is 4.19. The quantitative estimate of drug-likeness (QED) is 0.769. The summed E-state index contributed by atoms with van der Waals surface area (Å²) >= 11 is 0. The van der Waals surface area contributed by atoms with Crippen LogP contribution in [0.4, 0.5) is 0 Å². The fourth-order valence-corrected chi connectivity index (χ4v) is 3.30. The number of ether oxygens (including phenoxy) is 1. The number of aryl methyl sites for hydroxylation is 2. The molecule has 0 fully saturated rings. The van der Waals surface area contributed by atoms with E-state index in [9.17, 15) is 0 Å². The number of nitrogens with zero attached hydrogens (tertiary/aromatic N) is 5. The zero-order valence-corrected chi connectivity index (χ0v) is 14.5. The van der Waals surface area contributed by atoms with Crippen molar-refractivity contribution in [2.24, 2.45) is 7.05 Å². The monoisotopic (exact) mass is 338 g/mol. The van der Waals surface area contributed by atoms with Gasteiger partial charge in [-0.15, -0.1) is 0 Å². The van der Waals surface area contributed by atoms with Gasteiger partial charge in [-0.25, -0.2) is 9.97 Å². The Labute approximate surface area is 146 Å². The first-order valence-corrected chi connectivity index (χ1v) is 8.47. The van der Waals surface area contributed by atoms with Crippen LogP contribution in [0.2, 0.25) is 0 Å². The van der Waals surface area contributed by atoms with E-state index in [1.165, 1.54) is 5.69 Å². The average Bonchev–Trinajstić information content (AvgIpc) is 3.19. The van der Waals surface area contributed by atoms with E-state index >= 15 is 0 Å². The van der Waals surface area contributed by atoms with Crippen molar-refractivity contribution in [3.8, 4) is 5.88 Å². The zero-order valence-electron chi connectivity index (χ0n) is 14.5. The highest BCUT2D eigenvalue weighted by atomic mass is 16.5. The predicted molar refractivity (Wildman–Crippen MR) is 93.0 cm³/mol. The Balaban J connectivity index is 1.52. The summed E-state index contributed by atoms with van der Waals surface area (Å²) in [4.78, 5) is 11.2. The van der Waals surface area contributed by atoms with Gasteiger partial charge in [0.2, 0.25) is 5.88 Å². The van der Waals surface area contributed by atoms with Crippen LogP contribution in [0, 0.1) is 6.92 Å². The van der Waals surface area contributed by atoms with Crippen LogP contribution in [0.3, 0.4) is 0 Å². The maximum Gasteiger partial charge on any atom is 0.213 e. The zero-order chi connectivity index (χ0) is 17.2. The number of hydrogen-bond donors (Lipinski definition) is 1. The van der Waals surface area contributed by atoms with Crippen LogP contribution in [0.1, 0.15) is 22.8 Å². The van der Waals surface area contributed by atoms with Crippen LogP contribution in [0.5, 0.6) is 5.88 Å². The molecule has 7 heteroatoms. The number of aromatic nitrogens is 5. The van der Waals surface area contributed by atoms with Gasteiger partial charge in [0.15, 0.2) is 0 Å². The minimum absolute atomic E-state index is 0.252. The van der Waals surface area contributed by atoms with E-state index in [4.69, 9.17) is 4.74 Å². The van der Waals surface area contributed by atoms with Gasteiger partial charge in [-0.2, -0.15) is 5.10 Å². The Hall–Kier alpha value is -2.67. The molecule has 0 unspecified atom stereocenters. The molecule has 1 atom stereocenters. The predicted octanol–water partition coefficient (Wildman–Crippen LogP) is 1.85. The summed E-state index contributed by atoms with van der Waals surface area (Å²) in [6.07, 6.45) is 4.55. The highest BCUT2D eigenvalue weighted by molar-refractivity contribution is 5.19. The number of pyridine rings is 1. The lowest BCUT2D eigenvalue weighted by Gasteiger charge is -2.34. The average molecular weight is 338 g/mol. The van der Waals surface area contributed by atoms with E-state index in [-0.39, 0.29) is 6.04 Å². The number of fused-ring (bicyclic) bond motifs is 1. The molecule has 0 aromatic carbocycles. The van der Waals surface area contributed by atoms with Gasteiger partial charge in [-0.1, -0.05) is 6.07 Å². The van der Waals surface area contributed by atoms with Crippen molar-refractivity contribution in [1.82, 2.24) is 29.6 Å². The lowest BCUT2D eigenvalue weighted by atomic mass is 10.0. The molecule has 0 radical (unpaired) electrons. The van der Waals surface area contributed by atoms with E-state index in [2.05, 4.69) is 42.7 Å². The molecular weight excluding hydrogens is 316 g/mol. The van der Waals surface area contributed by atoms with Crippen LogP contribution < -0.4 is 4.74 Å². The number of aromatic amines is 1. The number of nitrogens with one attached hydrogen (secondary N) is 1. The van der Waals surface area contributed by atoms with Crippen molar-refractivity contribution in [2.45, 2.75) is 32.5 Å². The molecule has 130 valence electrons. The van der Waals surface area contributed by atoms with Gasteiger partial charge in [0.1, 0.15) is 6.61 Å². The van der Waals surface area contributed by atoms with E-state index in [0.29, 0.717) is 12.5 Å². The summed E-state index contributed by atoms with van der Waals surface area (Å²) < 4.78 is 8.05. The van der Waals surface area contributed by atoms with Crippen molar-refractivity contribution < 1.29 is 4.74 Å². The summed E-state index contributed by atoms with van der Waals surface area (Å²) in [5, 5.41) is 7.39. The molecule has 0 saturated heterocycles. The number of hydrogen-bond acceptors (Lipinski definition) is 5. The van der Waals surface area contributed by atoms with Gasteiger partial charge in [-0.05, 0) is 19.1 Å². The van der Waals surface area contributed by atoms with Crippen molar-refractivity contribution in [3.63, 3.8) is 0 Å². The highest BCUT2D eigenvalue weighted by Gasteiger charge is 2.30. The SMILES string of the molecule is Cc1cc(CN2Cc3ncn(C)c3C[C@@H]2COc2ccccn2)n[nH]1. The summed E-state index contributed by atoms with van der Waals surface area (Å²) in [6, 6.07) is 8.06. The standard InChI is InChI=1S/C18H22N6O/c1-13-7-14(22-21-13)9-24-10-16-17(23(2)12-20-16)8-15(24)11-25-18-5-3-4-6-19-18/h3-7,12,15H,8-11H2,1-2H3,(H,21,22)/t15-/m1/s1. The van der Waals surface area contributed by atoms with Gasteiger partial charge in [0.25, 0.3) is 0 Å². The maximum atomic E-state index is 5.94. The van der Waals surface area contributed by atoms with Crippen LogP contribution in [-0.4, -0.2) is 42.3 Å². The molecule has 7 nitrogen and oxygen atoms in total. The topological polar surface area (TPSA) is 71.9 Å². The third-order valence-electron chi connectivity index (χ3n) is 4.63. The second-order valence-corrected chi connectivity index (χ2v) is 6.53. The van der Waals surface area contributed by atoms with Crippen LogP contribution in [0.15, 0.2) is 36.8 Å². The second kappa shape index (κ2) is 6.68. The van der Waals surface area contributed by atoms with Crippen LogP contribution in [-0.2, 0) is 26.6 Å². The Morgan fingerprint density at radius 3 is 3.00 bits per heavy atom. The summed E-state index contributed by atoms with van der Waals surface area (Å²) in [5.74, 6) is 0.661. The van der Waals surface area contributed by atoms with Crippen molar-refractivity contribution >= 4 is 0 Å². The third kappa shape index (κ3) is 3.41. The lowest BCUT2D eigenvalue weighted by Crippen LogP contribution is -2.44. The fourth-order valence-electron chi connectivity index (χ4n) is 3.30. The second-order valence-electron chi connectivity index (χ2n) is 6.53. The van der Waals surface area contributed by atoms with Crippen molar-refractivity contribution in [3.05, 3.63) is 59.6 Å². The number of H-pyrrole nitrogens is 1. The molecular formula is C18H22N6O. The fraction of sp³-hybridized carbons (Fsp3) is 0.389. The van der Waals surface area contributed by atoms with Crippen LogP contribution >= 0.6 is 0 Å². The lowest BCUT2D eigenvalue weighted by molar-refractivity contribution is 0.103. The molecule has 0 spiro atoms. The highest BCUT2D eigenvalue weighted by Crippen LogP contribution is 2.24. The van der Waals surface area contributed by atoms with E-state index in [0.717, 1.165) is 36.6 Å². The molecule has 0 aliphatic carbocycles. The number of rotatable bonds is 5. The molecule has 1 aliphatic rings. The first-order chi connectivity index (χ1) is 12.2. The summed E-state index contributed by atoms with van der Waals surface area (Å²) in [7, 11) is 2.05. The Morgan fingerprint density at radius 2 is 2.24 bits per heavy atom. The Morgan fingerprint density at radius 1 is 1.32 bits per heavy atom. The molecule has 25 heavy (non-hydrogen) atoms. The van der Waals surface area contributed by atoms with Crippen molar-refractivity contribution in [1.29, 1.82) is 0 Å². The van der Waals surface area contributed by atoms with Gasteiger partial charge >= 0.3 is 0 Å². The van der Waals surface area contributed by atoms with Crippen molar-refractivity contribution in [2.75, 3.05) is 6.61 Å². The minimum Gasteiger partial charge on any atom is -0.476 e. The third-order valence-corrected chi connectivity index (χ3v) is 4.63.